The Labute approximate surface area is 267 Å². The summed E-state index contributed by atoms with van der Waals surface area (Å²) in [5, 5.41) is 19.2. The summed E-state index contributed by atoms with van der Waals surface area (Å²) >= 11 is 0. The number of rotatable bonds is 19. The summed E-state index contributed by atoms with van der Waals surface area (Å²) in [6, 6.07) is 14.7. The lowest BCUT2D eigenvalue weighted by molar-refractivity contribution is -0.124. The van der Waals surface area contributed by atoms with Crippen LogP contribution in [0.2, 0.25) is 0 Å². The average Bonchev–Trinajstić information content (AvgIpc) is 3.53. The van der Waals surface area contributed by atoms with Crippen molar-refractivity contribution in [2.45, 2.75) is 88.5 Å². The number of carbonyl (C=O) groups is 2. The molecule has 12 heteroatoms. The molecule has 3 rings (SSSR count). The summed E-state index contributed by atoms with van der Waals surface area (Å²) < 4.78 is 43.0. The molecule has 1 aliphatic heterocycles. The fraction of sp³-hybridized carbons (Fsp3) is 0.576. The number of aliphatic hydroxyl groups excluding tert-OH is 1. The molecule has 0 aliphatic carbocycles. The van der Waals surface area contributed by atoms with E-state index in [1.54, 1.807) is 7.11 Å². The van der Waals surface area contributed by atoms with Crippen LogP contribution in [-0.2, 0) is 37.1 Å². The van der Waals surface area contributed by atoms with Gasteiger partial charge in [0.1, 0.15) is 17.9 Å². The number of alkyl carbamates (subject to hydrolysis) is 1. The van der Waals surface area contributed by atoms with Gasteiger partial charge in [-0.3, -0.25) is 4.79 Å². The lowest BCUT2D eigenvalue weighted by Crippen LogP contribution is -2.57. The van der Waals surface area contributed by atoms with E-state index in [-0.39, 0.29) is 19.6 Å². The molecule has 1 fully saturated rings. The minimum Gasteiger partial charge on any atom is -0.497 e. The number of methoxy groups -OCH3 is 1. The molecule has 1 saturated heterocycles. The fourth-order valence-electron chi connectivity index (χ4n) is 5.36. The Morgan fingerprint density at radius 2 is 1.73 bits per heavy atom. The Morgan fingerprint density at radius 1 is 1.02 bits per heavy atom. The summed E-state index contributed by atoms with van der Waals surface area (Å²) in [6.45, 7) is 5.13. The molecule has 1 aliphatic rings. The summed E-state index contributed by atoms with van der Waals surface area (Å²) in [5.41, 5.74) is 1.83. The van der Waals surface area contributed by atoms with Crippen LogP contribution in [0.4, 0.5) is 4.79 Å². The van der Waals surface area contributed by atoms with E-state index in [1.807, 2.05) is 68.4 Å². The SMILES string of the molecule is CCCC(CCC)S(=O)(=O)C[C@@H](NC(=O)O[C@H]1CCOC1)C(=O)N[C@@H](Cc1ccccc1)[C@H](O)CNCc1cccc(OC)c1. The standard InChI is InChI=1S/C33H49N3O8S/c1-4-10-28(11-5-2)45(40,41)23-30(36-33(39)44-27-16-17-43-22-27)32(38)35-29(19-24-12-7-6-8-13-24)31(37)21-34-20-25-14-9-15-26(18-25)42-3/h6-9,12-15,18,27-31,34,37H,4-5,10-11,16-17,19-23H2,1-3H3,(H,35,38)(H,36,39)/t27-,29-,30+,31+/m0/s1. The third kappa shape index (κ3) is 12.3. The first kappa shape index (κ1) is 36.3. The Balaban J connectivity index is 1.78. The molecule has 250 valence electrons. The van der Waals surface area contributed by atoms with Gasteiger partial charge in [-0.2, -0.15) is 0 Å². The number of carbonyl (C=O) groups excluding carboxylic acids is 2. The maximum absolute atomic E-state index is 13.8. The van der Waals surface area contributed by atoms with Crippen molar-refractivity contribution in [2.24, 2.45) is 0 Å². The Morgan fingerprint density at radius 3 is 2.38 bits per heavy atom. The molecule has 0 spiro atoms. The highest BCUT2D eigenvalue weighted by Crippen LogP contribution is 2.18. The van der Waals surface area contributed by atoms with Crippen LogP contribution in [0, 0.1) is 0 Å². The van der Waals surface area contributed by atoms with E-state index in [0.717, 1.165) is 16.9 Å². The molecule has 11 nitrogen and oxygen atoms in total. The Bertz CT molecular complexity index is 1280. The van der Waals surface area contributed by atoms with Gasteiger partial charge in [-0.05, 0) is 42.5 Å². The first-order chi connectivity index (χ1) is 21.6. The van der Waals surface area contributed by atoms with Crippen molar-refractivity contribution >= 4 is 21.8 Å². The van der Waals surface area contributed by atoms with Gasteiger partial charge in [-0.15, -0.1) is 0 Å². The number of aliphatic hydroxyl groups is 1. The van der Waals surface area contributed by atoms with E-state index in [4.69, 9.17) is 14.2 Å². The van der Waals surface area contributed by atoms with Gasteiger partial charge in [0.05, 0.1) is 43.5 Å². The predicted molar refractivity (Wildman–Crippen MR) is 173 cm³/mol. The number of amides is 2. The molecule has 0 aromatic heterocycles. The molecule has 2 aromatic rings. The van der Waals surface area contributed by atoms with E-state index in [1.165, 1.54) is 0 Å². The summed E-state index contributed by atoms with van der Waals surface area (Å²) in [5.74, 6) is -0.573. The molecule has 45 heavy (non-hydrogen) atoms. The van der Waals surface area contributed by atoms with Gasteiger partial charge in [-0.25, -0.2) is 13.2 Å². The first-order valence-corrected chi connectivity index (χ1v) is 17.5. The molecule has 0 radical (unpaired) electrons. The van der Waals surface area contributed by atoms with Gasteiger partial charge in [0.2, 0.25) is 5.91 Å². The van der Waals surface area contributed by atoms with Crippen LogP contribution in [0.3, 0.4) is 0 Å². The highest BCUT2D eigenvalue weighted by molar-refractivity contribution is 7.92. The number of sulfone groups is 1. The molecule has 0 bridgehead atoms. The smallest absolute Gasteiger partial charge is 0.408 e. The third-order valence-electron chi connectivity index (χ3n) is 7.81. The molecule has 2 aromatic carbocycles. The Kier molecular flexibility index (Phi) is 15.1. The van der Waals surface area contributed by atoms with E-state index < -0.39 is 57.1 Å². The summed E-state index contributed by atoms with van der Waals surface area (Å²) in [6.07, 6.45) is 0.680. The van der Waals surface area contributed by atoms with Crippen molar-refractivity contribution in [1.29, 1.82) is 0 Å². The van der Waals surface area contributed by atoms with E-state index in [0.29, 0.717) is 45.3 Å². The van der Waals surface area contributed by atoms with Crippen molar-refractivity contribution in [3.8, 4) is 5.75 Å². The second kappa shape index (κ2) is 18.7. The van der Waals surface area contributed by atoms with Gasteiger partial charge >= 0.3 is 6.09 Å². The predicted octanol–water partition coefficient (Wildman–Crippen LogP) is 3.14. The first-order valence-electron chi connectivity index (χ1n) is 15.8. The van der Waals surface area contributed by atoms with E-state index in [9.17, 15) is 23.1 Å². The molecule has 2 amide bonds. The quantitative estimate of drug-likeness (QED) is 0.180. The van der Waals surface area contributed by atoms with E-state index >= 15 is 0 Å². The topological polar surface area (TPSA) is 152 Å². The molecular formula is C33H49N3O8S. The lowest BCUT2D eigenvalue weighted by atomic mass is 10.0. The van der Waals surface area contributed by atoms with E-state index in [2.05, 4.69) is 16.0 Å². The van der Waals surface area contributed by atoms with Gasteiger partial charge in [-0.1, -0.05) is 69.2 Å². The lowest BCUT2D eigenvalue weighted by Gasteiger charge is -2.28. The number of nitrogens with one attached hydrogen (secondary N) is 3. The summed E-state index contributed by atoms with van der Waals surface area (Å²) in [4.78, 5) is 26.6. The highest BCUT2D eigenvalue weighted by Gasteiger charge is 2.35. The number of ether oxygens (including phenoxy) is 3. The van der Waals surface area contributed by atoms with Crippen LogP contribution >= 0.6 is 0 Å². The number of hydrogen-bond acceptors (Lipinski definition) is 9. The van der Waals surface area contributed by atoms with Gasteiger partial charge in [0, 0.05) is 19.5 Å². The molecule has 4 atom stereocenters. The monoisotopic (exact) mass is 647 g/mol. The van der Waals surface area contributed by atoms with Gasteiger partial charge in [0.25, 0.3) is 0 Å². The maximum Gasteiger partial charge on any atom is 0.408 e. The van der Waals surface area contributed by atoms with Crippen LogP contribution in [0.5, 0.6) is 5.75 Å². The second-order valence-corrected chi connectivity index (χ2v) is 13.8. The van der Waals surface area contributed by atoms with Crippen LogP contribution in [0.1, 0.15) is 57.1 Å². The third-order valence-corrected chi connectivity index (χ3v) is 10.1. The zero-order chi connectivity index (χ0) is 32.7. The molecule has 0 saturated carbocycles. The van der Waals surface area contributed by atoms with Crippen molar-refractivity contribution in [2.75, 3.05) is 32.6 Å². The zero-order valence-electron chi connectivity index (χ0n) is 26.6. The summed E-state index contributed by atoms with van der Waals surface area (Å²) in [7, 11) is -2.18. The molecular weight excluding hydrogens is 598 g/mol. The molecule has 4 N–H and O–H groups in total. The average molecular weight is 648 g/mol. The van der Waals surface area contributed by atoms with Crippen molar-refractivity contribution in [3.05, 3.63) is 65.7 Å². The van der Waals surface area contributed by atoms with Gasteiger partial charge < -0.3 is 35.3 Å². The fourth-order valence-corrected chi connectivity index (χ4v) is 7.52. The molecule has 1 heterocycles. The normalized spacial score (nSPS) is 17.0. The van der Waals surface area contributed by atoms with Crippen LogP contribution in [0.25, 0.3) is 0 Å². The largest absolute Gasteiger partial charge is 0.497 e. The molecule has 0 unspecified atom stereocenters. The van der Waals surface area contributed by atoms with Crippen molar-refractivity contribution in [3.63, 3.8) is 0 Å². The van der Waals surface area contributed by atoms with Crippen molar-refractivity contribution in [1.82, 2.24) is 16.0 Å². The second-order valence-electron chi connectivity index (χ2n) is 11.5. The van der Waals surface area contributed by atoms with Gasteiger partial charge in [0.15, 0.2) is 9.84 Å². The minimum atomic E-state index is -3.77. The highest BCUT2D eigenvalue weighted by atomic mass is 32.2. The number of hydrogen-bond donors (Lipinski definition) is 4. The van der Waals surface area contributed by atoms with Crippen LogP contribution in [0.15, 0.2) is 54.6 Å². The zero-order valence-corrected chi connectivity index (χ0v) is 27.4. The number of benzene rings is 2. The maximum atomic E-state index is 13.8. The minimum absolute atomic E-state index is 0.143. The van der Waals surface area contributed by atoms with Crippen LogP contribution < -0.4 is 20.7 Å². The Hall–Kier alpha value is -3.19. The van der Waals surface area contributed by atoms with Crippen molar-refractivity contribution < 1.29 is 37.3 Å². The van der Waals surface area contributed by atoms with Crippen LogP contribution in [-0.4, -0.2) is 87.7 Å².